The number of thiophene rings is 1. The number of amides is 1. The van der Waals surface area contributed by atoms with E-state index in [2.05, 4.69) is 5.32 Å². The summed E-state index contributed by atoms with van der Waals surface area (Å²) in [5, 5.41) is 3.36. The summed E-state index contributed by atoms with van der Waals surface area (Å²) in [5.74, 6) is -1.05. The minimum atomic E-state index is -0.387. The van der Waals surface area contributed by atoms with Crippen LogP contribution in [0.2, 0.25) is 0 Å². The average Bonchev–Trinajstić information content (AvgIpc) is 2.98. The molecule has 1 amide bonds. The van der Waals surface area contributed by atoms with Crippen molar-refractivity contribution in [2.75, 3.05) is 5.32 Å². The van der Waals surface area contributed by atoms with Crippen molar-refractivity contribution in [1.82, 2.24) is 0 Å². The third kappa shape index (κ3) is 4.83. The van der Waals surface area contributed by atoms with Gasteiger partial charge >= 0.3 is 5.97 Å². The lowest BCUT2D eigenvalue weighted by atomic mass is 9.95. The van der Waals surface area contributed by atoms with Gasteiger partial charge in [-0.1, -0.05) is 12.1 Å². The zero-order valence-electron chi connectivity index (χ0n) is 15.4. The summed E-state index contributed by atoms with van der Waals surface area (Å²) in [6, 6.07) is 5.86. The van der Waals surface area contributed by atoms with Crippen LogP contribution < -0.4 is 5.32 Å². The molecular formula is C21H22FNO3S. The van der Waals surface area contributed by atoms with Crippen LogP contribution in [0.25, 0.3) is 6.08 Å². The van der Waals surface area contributed by atoms with Gasteiger partial charge in [0.05, 0.1) is 11.7 Å². The lowest BCUT2D eigenvalue weighted by Crippen LogP contribution is -2.17. The second-order valence-corrected chi connectivity index (χ2v) is 7.85. The Hall–Kier alpha value is -2.47. The number of rotatable bonds is 5. The van der Waals surface area contributed by atoms with Crippen LogP contribution in [0.3, 0.4) is 0 Å². The van der Waals surface area contributed by atoms with Crippen LogP contribution in [0.15, 0.2) is 30.3 Å². The zero-order valence-corrected chi connectivity index (χ0v) is 16.2. The van der Waals surface area contributed by atoms with Crippen molar-refractivity contribution in [3.63, 3.8) is 0 Å². The van der Waals surface area contributed by atoms with Crippen molar-refractivity contribution < 1.29 is 18.7 Å². The number of esters is 1. The summed E-state index contributed by atoms with van der Waals surface area (Å²) in [7, 11) is 0. The van der Waals surface area contributed by atoms with Gasteiger partial charge in [-0.2, -0.15) is 0 Å². The van der Waals surface area contributed by atoms with Gasteiger partial charge in [-0.25, -0.2) is 9.18 Å². The molecule has 0 bridgehead atoms. The van der Waals surface area contributed by atoms with Crippen molar-refractivity contribution in [2.45, 2.75) is 45.6 Å². The first-order valence-corrected chi connectivity index (χ1v) is 9.86. The van der Waals surface area contributed by atoms with Crippen LogP contribution >= 0.6 is 11.3 Å². The predicted octanol–water partition coefficient (Wildman–Crippen LogP) is 4.98. The first-order valence-electron chi connectivity index (χ1n) is 9.04. The lowest BCUT2D eigenvalue weighted by molar-refractivity contribution is -0.111. The van der Waals surface area contributed by atoms with Gasteiger partial charge in [0, 0.05) is 11.0 Å². The molecule has 0 radical (unpaired) electrons. The van der Waals surface area contributed by atoms with E-state index < -0.39 is 0 Å². The molecule has 1 aromatic heterocycles. The maximum Gasteiger partial charge on any atom is 0.341 e. The molecular weight excluding hydrogens is 365 g/mol. The molecule has 1 heterocycles. The summed E-state index contributed by atoms with van der Waals surface area (Å²) in [5.41, 5.74) is 2.22. The minimum Gasteiger partial charge on any atom is -0.459 e. The van der Waals surface area contributed by atoms with Crippen LogP contribution in [-0.2, 0) is 22.4 Å². The Bertz CT molecular complexity index is 868. The van der Waals surface area contributed by atoms with Gasteiger partial charge in [0.2, 0.25) is 5.91 Å². The number of carbonyl (C=O) groups is 2. The SMILES string of the molecule is CC(C)OC(=O)c1c(NC(=O)/C=C\c2ccc(F)cc2)sc2c1CCCC2. The molecule has 4 nitrogen and oxygen atoms in total. The molecule has 0 spiro atoms. The lowest BCUT2D eigenvalue weighted by Gasteiger charge is -2.14. The highest BCUT2D eigenvalue weighted by Gasteiger charge is 2.27. The van der Waals surface area contributed by atoms with Crippen molar-refractivity contribution in [1.29, 1.82) is 0 Å². The van der Waals surface area contributed by atoms with Crippen LogP contribution in [-0.4, -0.2) is 18.0 Å². The van der Waals surface area contributed by atoms with E-state index in [0.29, 0.717) is 10.6 Å². The molecule has 0 unspecified atom stereocenters. The van der Waals surface area contributed by atoms with Crippen molar-refractivity contribution in [2.24, 2.45) is 0 Å². The maximum atomic E-state index is 13.0. The number of ether oxygens (including phenoxy) is 1. The van der Waals surface area contributed by atoms with E-state index >= 15 is 0 Å². The van der Waals surface area contributed by atoms with Gasteiger partial charge in [0.15, 0.2) is 0 Å². The summed E-state index contributed by atoms with van der Waals surface area (Å²) in [6.07, 6.45) is 6.63. The third-order valence-electron chi connectivity index (χ3n) is 4.25. The molecule has 1 aliphatic carbocycles. The van der Waals surface area contributed by atoms with Crippen LogP contribution in [0.4, 0.5) is 9.39 Å². The fourth-order valence-corrected chi connectivity index (χ4v) is 4.32. The molecule has 6 heteroatoms. The summed E-state index contributed by atoms with van der Waals surface area (Å²) < 4.78 is 18.3. The number of aryl methyl sites for hydroxylation is 1. The van der Waals surface area contributed by atoms with Gasteiger partial charge in [0.25, 0.3) is 0 Å². The summed E-state index contributed by atoms with van der Waals surface area (Å²) >= 11 is 1.45. The number of hydrogen-bond donors (Lipinski definition) is 1. The highest BCUT2D eigenvalue weighted by Crippen LogP contribution is 2.38. The molecule has 3 rings (SSSR count). The summed E-state index contributed by atoms with van der Waals surface area (Å²) in [4.78, 5) is 26.1. The summed E-state index contributed by atoms with van der Waals surface area (Å²) in [6.45, 7) is 3.61. The van der Waals surface area contributed by atoms with Gasteiger partial charge in [-0.15, -0.1) is 11.3 Å². The van der Waals surface area contributed by atoms with Crippen molar-refractivity contribution in [3.8, 4) is 0 Å². The van der Waals surface area contributed by atoms with E-state index in [-0.39, 0.29) is 23.8 Å². The Morgan fingerprint density at radius 2 is 1.89 bits per heavy atom. The number of fused-ring (bicyclic) bond motifs is 1. The average molecular weight is 387 g/mol. The van der Waals surface area contributed by atoms with Crippen LogP contribution in [0.1, 0.15) is 53.1 Å². The number of anilines is 1. The topological polar surface area (TPSA) is 55.4 Å². The molecule has 27 heavy (non-hydrogen) atoms. The molecule has 0 atom stereocenters. The van der Waals surface area contributed by atoms with Gasteiger partial charge < -0.3 is 10.1 Å². The second kappa shape index (κ2) is 8.48. The minimum absolute atomic E-state index is 0.224. The van der Waals surface area contributed by atoms with Crippen LogP contribution in [0, 0.1) is 5.82 Å². The normalized spacial score (nSPS) is 13.6. The standard InChI is InChI=1S/C21H22FNO3S/c1-13(2)26-21(25)19-16-5-3-4-6-17(16)27-20(19)23-18(24)12-9-14-7-10-15(22)11-8-14/h7-13H,3-6H2,1-2H3,(H,23,24)/b12-9-. The highest BCUT2D eigenvalue weighted by atomic mass is 32.1. The first kappa shape index (κ1) is 19.3. The molecule has 142 valence electrons. The number of carbonyl (C=O) groups excluding carboxylic acids is 2. The quantitative estimate of drug-likeness (QED) is 0.581. The van der Waals surface area contributed by atoms with E-state index in [1.165, 1.54) is 29.5 Å². The molecule has 0 aliphatic heterocycles. The molecule has 1 aromatic carbocycles. The molecule has 0 saturated carbocycles. The molecule has 1 aliphatic rings. The predicted molar refractivity (Wildman–Crippen MR) is 106 cm³/mol. The largest absolute Gasteiger partial charge is 0.459 e. The number of halogens is 1. The maximum absolute atomic E-state index is 13.0. The van der Waals surface area contributed by atoms with E-state index in [0.717, 1.165) is 41.7 Å². The third-order valence-corrected chi connectivity index (χ3v) is 5.46. The smallest absolute Gasteiger partial charge is 0.341 e. The Balaban J connectivity index is 1.80. The number of benzene rings is 1. The van der Waals surface area contributed by atoms with E-state index in [9.17, 15) is 14.0 Å². The highest BCUT2D eigenvalue weighted by molar-refractivity contribution is 7.17. The fourth-order valence-electron chi connectivity index (χ4n) is 3.04. The van der Waals surface area contributed by atoms with Crippen LogP contribution in [0.5, 0.6) is 0 Å². The van der Waals surface area contributed by atoms with E-state index in [1.54, 1.807) is 32.1 Å². The Morgan fingerprint density at radius 3 is 2.59 bits per heavy atom. The Labute approximate surface area is 162 Å². The van der Waals surface area contributed by atoms with Gasteiger partial charge in [-0.3, -0.25) is 4.79 Å². The van der Waals surface area contributed by atoms with Crippen molar-refractivity contribution >= 4 is 34.3 Å². The Kier molecular flexibility index (Phi) is 6.06. The monoisotopic (exact) mass is 387 g/mol. The van der Waals surface area contributed by atoms with Gasteiger partial charge in [-0.05, 0) is 68.9 Å². The Morgan fingerprint density at radius 1 is 1.19 bits per heavy atom. The molecule has 2 aromatic rings. The fraction of sp³-hybridized carbons (Fsp3) is 0.333. The second-order valence-electron chi connectivity index (χ2n) is 6.74. The number of nitrogens with one attached hydrogen (secondary N) is 1. The van der Waals surface area contributed by atoms with E-state index in [4.69, 9.17) is 4.74 Å². The first-order chi connectivity index (χ1) is 12.9. The number of hydrogen-bond acceptors (Lipinski definition) is 4. The molecule has 0 fully saturated rings. The van der Waals surface area contributed by atoms with Gasteiger partial charge in [0.1, 0.15) is 10.8 Å². The zero-order chi connectivity index (χ0) is 19.4. The molecule has 1 N–H and O–H groups in total. The molecule has 0 saturated heterocycles. The van der Waals surface area contributed by atoms with Crippen molar-refractivity contribution in [3.05, 3.63) is 57.7 Å². The van der Waals surface area contributed by atoms with E-state index in [1.807, 2.05) is 0 Å².